The summed E-state index contributed by atoms with van der Waals surface area (Å²) in [6.45, 7) is 5.69. The van der Waals surface area contributed by atoms with Crippen LogP contribution in [0.3, 0.4) is 0 Å². The molecule has 0 radical (unpaired) electrons. The van der Waals surface area contributed by atoms with Crippen LogP contribution in [0.4, 0.5) is 0 Å². The van der Waals surface area contributed by atoms with E-state index in [9.17, 15) is 9.90 Å². The molecule has 0 heterocycles. The Morgan fingerprint density at radius 2 is 2.07 bits per heavy atom. The van der Waals surface area contributed by atoms with Gasteiger partial charge >= 0.3 is 0 Å². The van der Waals surface area contributed by atoms with E-state index in [0.717, 1.165) is 12.0 Å². The molecule has 1 rings (SSSR count). The normalized spacial score (nSPS) is 10.1. The van der Waals surface area contributed by atoms with E-state index in [1.54, 1.807) is 12.1 Å². The summed E-state index contributed by atoms with van der Waals surface area (Å²) in [5, 5.41) is 9.71. The molecule has 15 heavy (non-hydrogen) atoms. The molecule has 1 aromatic carbocycles. The fraction of sp³-hybridized carbons (Fsp3) is 0.417. The Balaban J connectivity index is 3.28. The molecular formula is C12H16O3. The summed E-state index contributed by atoms with van der Waals surface area (Å²) in [5.74, 6) is 0.243. The number of hydrogen-bond donors (Lipinski definition) is 1. The third kappa shape index (κ3) is 2.49. The van der Waals surface area contributed by atoms with Gasteiger partial charge in [-0.3, -0.25) is 4.79 Å². The SMILES string of the molecule is CCOc1c(O)cc(CC)cc1C(C)=O. The first kappa shape index (κ1) is 11.6. The number of aromatic hydroxyl groups is 1. The first-order valence-corrected chi connectivity index (χ1v) is 5.09. The number of ketones is 1. The van der Waals surface area contributed by atoms with Crippen molar-refractivity contribution in [2.75, 3.05) is 6.61 Å². The van der Waals surface area contributed by atoms with E-state index >= 15 is 0 Å². The summed E-state index contributed by atoms with van der Waals surface area (Å²) in [7, 11) is 0. The molecule has 0 aromatic heterocycles. The highest BCUT2D eigenvalue weighted by molar-refractivity contribution is 5.97. The van der Waals surface area contributed by atoms with Gasteiger partial charge in [0.2, 0.25) is 0 Å². The minimum atomic E-state index is -0.0935. The predicted molar refractivity (Wildman–Crippen MR) is 58.7 cm³/mol. The molecule has 0 saturated heterocycles. The number of hydrogen-bond acceptors (Lipinski definition) is 3. The van der Waals surface area contributed by atoms with Gasteiger partial charge in [-0.2, -0.15) is 0 Å². The van der Waals surface area contributed by atoms with Crippen LogP contribution in [0.1, 0.15) is 36.7 Å². The number of aryl methyl sites for hydroxylation is 1. The lowest BCUT2D eigenvalue weighted by Gasteiger charge is -2.11. The maximum atomic E-state index is 11.4. The number of carbonyl (C=O) groups excluding carboxylic acids is 1. The Bertz CT molecular complexity index is 369. The van der Waals surface area contributed by atoms with Gasteiger partial charge in [-0.05, 0) is 38.0 Å². The summed E-state index contributed by atoms with van der Waals surface area (Å²) in [6, 6.07) is 3.41. The van der Waals surface area contributed by atoms with Crippen LogP contribution in [0.5, 0.6) is 11.5 Å². The Morgan fingerprint density at radius 1 is 1.40 bits per heavy atom. The predicted octanol–water partition coefficient (Wildman–Crippen LogP) is 2.56. The fourth-order valence-electron chi connectivity index (χ4n) is 1.43. The molecule has 0 amide bonds. The molecule has 0 bridgehead atoms. The number of carbonyl (C=O) groups is 1. The summed E-state index contributed by atoms with van der Waals surface area (Å²) in [6.07, 6.45) is 0.778. The second-order valence-electron chi connectivity index (χ2n) is 3.33. The Hall–Kier alpha value is -1.51. The highest BCUT2D eigenvalue weighted by Gasteiger charge is 2.14. The van der Waals surface area contributed by atoms with Crippen molar-refractivity contribution >= 4 is 5.78 Å². The monoisotopic (exact) mass is 208 g/mol. The second-order valence-corrected chi connectivity index (χ2v) is 3.33. The lowest BCUT2D eigenvalue weighted by atomic mass is 10.0. The molecule has 0 aliphatic rings. The van der Waals surface area contributed by atoms with Gasteiger partial charge in [-0.1, -0.05) is 6.92 Å². The zero-order valence-electron chi connectivity index (χ0n) is 9.33. The summed E-state index contributed by atoms with van der Waals surface area (Å²) in [5.41, 5.74) is 1.38. The summed E-state index contributed by atoms with van der Waals surface area (Å²) < 4.78 is 5.26. The first-order chi connectivity index (χ1) is 7.10. The molecule has 0 fully saturated rings. The molecule has 1 N–H and O–H groups in total. The van der Waals surface area contributed by atoms with Crippen molar-refractivity contribution in [3.63, 3.8) is 0 Å². The molecule has 3 heteroatoms. The van der Waals surface area contributed by atoms with Crippen molar-refractivity contribution in [2.24, 2.45) is 0 Å². The van der Waals surface area contributed by atoms with Crippen LogP contribution < -0.4 is 4.74 Å². The van der Waals surface area contributed by atoms with Gasteiger partial charge in [-0.25, -0.2) is 0 Å². The van der Waals surface area contributed by atoms with E-state index in [-0.39, 0.29) is 11.5 Å². The van der Waals surface area contributed by atoms with Crippen molar-refractivity contribution in [3.05, 3.63) is 23.3 Å². The Morgan fingerprint density at radius 3 is 2.53 bits per heavy atom. The Kier molecular flexibility index (Phi) is 3.72. The summed E-state index contributed by atoms with van der Waals surface area (Å²) in [4.78, 5) is 11.4. The van der Waals surface area contributed by atoms with Crippen molar-refractivity contribution in [1.82, 2.24) is 0 Å². The van der Waals surface area contributed by atoms with Crippen LogP contribution in [-0.2, 0) is 6.42 Å². The van der Waals surface area contributed by atoms with Gasteiger partial charge in [0.25, 0.3) is 0 Å². The van der Waals surface area contributed by atoms with Crippen LogP contribution in [-0.4, -0.2) is 17.5 Å². The van der Waals surface area contributed by atoms with Crippen molar-refractivity contribution in [2.45, 2.75) is 27.2 Å². The highest BCUT2D eigenvalue weighted by Crippen LogP contribution is 2.32. The van der Waals surface area contributed by atoms with Gasteiger partial charge in [0.15, 0.2) is 17.3 Å². The molecule has 0 unspecified atom stereocenters. The van der Waals surface area contributed by atoms with Gasteiger partial charge in [0, 0.05) is 0 Å². The molecule has 1 aromatic rings. The van der Waals surface area contributed by atoms with Crippen LogP contribution >= 0.6 is 0 Å². The maximum absolute atomic E-state index is 11.4. The van der Waals surface area contributed by atoms with Gasteiger partial charge in [0.05, 0.1) is 12.2 Å². The molecule has 0 spiro atoms. The van der Waals surface area contributed by atoms with E-state index in [2.05, 4.69) is 0 Å². The van der Waals surface area contributed by atoms with E-state index < -0.39 is 0 Å². The van der Waals surface area contributed by atoms with Gasteiger partial charge < -0.3 is 9.84 Å². The number of benzene rings is 1. The van der Waals surface area contributed by atoms with E-state index in [4.69, 9.17) is 4.74 Å². The zero-order valence-corrected chi connectivity index (χ0v) is 9.33. The minimum absolute atomic E-state index is 0.0430. The molecule has 0 saturated carbocycles. The Labute approximate surface area is 89.7 Å². The second kappa shape index (κ2) is 4.82. The number of phenolic OH excluding ortho intramolecular Hbond substituents is 1. The maximum Gasteiger partial charge on any atom is 0.171 e. The quantitative estimate of drug-likeness (QED) is 0.773. The van der Waals surface area contributed by atoms with Crippen LogP contribution in [0.2, 0.25) is 0 Å². The standard InChI is InChI=1S/C12H16O3/c1-4-9-6-10(8(3)13)12(15-5-2)11(14)7-9/h6-7,14H,4-5H2,1-3H3. The minimum Gasteiger partial charge on any atom is -0.504 e. The van der Waals surface area contributed by atoms with E-state index in [0.29, 0.717) is 17.9 Å². The van der Waals surface area contributed by atoms with Crippen molar-refractivity contribution in [3.8, 4) is 11.5 Å². The van der Waals surface area contributed by atoms with Gasteiger partial charge in [0.1, 0.15) is 0 Å². The van der Waals surface area contributed by atoms with Crippen LogP contribution in [0.15, 0.2) is 12.1 Å². The van der Waals surface area contributed by atoms with Crippen LogP contribution in [0, 0.1) is 0 Å². The molecule has 0 aliphatic heterocycles. The number of Topliss-reactive ketones (excluding diaryl/α,β-unsaturated/α-hetero) is 1. The molecule has 0 aliphatic carbocycles. The molecule has 82 valence electrons. The average Bonchev–Trinajstić information content (AvgIpc) is 2.20. The number of phenols is 1. The largest absolute Gasteiger partial charge is 0.504 e. The van der Waals surface area contributed by atoms with Gasteiger partial charge in [-0.15, -0.1) is 0 Å². The van der Waals surface area contributed by atoms with Crippen LogP contribution in [0.25, 0.3) is 0 Å². The average molecular weight is 208 g/mol. The number of rotatable bonds is 4. The zero-order chi connectivity index (χ0) is 11.4. The third-order valence-electron chi connectivity index (χ3n) is 2.21. The molecule has 0 atom stereocenters. The first-order valence-electron chi connectivity index (χ1n) is 5.09. The molecular weight excluding hydrogens is 192 g/mol. The third-order valence-corrected chi connectivity index (χ3v) is 2.21. The number of ether oxygens (including phenoxy) is 1. The smallest absolute Gasteiger partial charge is 0.171 e. The van der Waals surface area contributed by atoms with Crippen molar-refractivity contribution in [1.29, 1.82) is 0 Å². The van der Waals surface area contributed by atoms with E-state index in [1.807, 2.05) is 13.8 Å². The lowest BCUT2D eigenvalue weighted by molar-refractivity contribution is 0.101. The summed E-state index contributed by atoms with van der Waals surface area (Å²) >= 11 is 0. The van der Waals surface area contributed by atoms with E-state index in [1.165, 1.54) is 6.92 Å². The topological polar surface area (TPSA) is 46.5 Å². The lowest BCUT2D eigenvalue weighted by Crippen LogP contribution is -2.02. The molecule has 3 nitrogen and oxygen atoms in total. The highest BCUT2D eigenvalue weighted by atomic mass is 16.5. The fourth-order valence-corrected chi connectivity index (χ4v) is 1.43. The van der Waals surface area contributed by atoms with Crippen molar-refractivity contribution < 1.29 is 14.6 Å².